The second-order valence-electron chi connectivity index (χ2n) is 5.90. The molecule has 1 aromatic heterocycles. The third-order valence-corrected chi connectivity index (χ3v) is 4.22. The van der Waals surface area contributed by atoms with Crippen molar-refractivity contribution in [1.29, 1.82) is 0 Å². The van der Waals surface area contributed by atoms with Crippen molar-refractivity contribution in [2.24, 2.45) is 5.84 Å². The van der Waals surface area contributed by atoms with Gasteiger partial charge in [0, 0.05) is 18.5 Å². The number of hydrogen-bond acceptors (Lipinski definition) is 6. The second kappa shape index (κ2) is 6.17. The molecule has 0 bridgehead atoms. The number of amides is 1. The van der Waals surface area contributed by atoms with Gasteiger partial charge in [0.25, 0.3) is 5.91 Å². The first-order chi connectivity index (χ1) is 9.41. The third kappa shape index (κ3) is 3.54. The molecule has 1 amide bonds. The van der Waals surface area contributed by atoms with Gasteiger partial charge < -0.3 is 4.74 Å². The summed E-state index contributed by atoms with van der Waals surface area (Å²) in [6.45, 7) is 10.2. The second-order valence-corrected chi connectivity index (χ2v) is 6.98. The number of carbonyl (C=O) groups excluding carboxylic acids is 1. The molecule has 0 atom stereocenters. The zero-order valence-electron chi connectivity index (χ0n) is 12.2. The van der Waals surface area contributed by atoms with Crippen molar-refractivity contribution in [3.05, 3.63) is 15.6 Å². The average Bonchev–Trinajstić information content (AvgIpc) is 2.83. The van der Waals surface area contributed by atoms with Crippen molar-refractivity contribution < 1.29 is 9.53 Å². The van der Waals surface area contributed by atoms with E-state index in [1.807, 2.05) is 20.8 Å². The molecule has 2 heterocycles. The number of aromatic nitrogens is 1. The lowest BCUT2D eigenvalue weighted by atomic mass is 9.91. The molecular weight excluding hydrogens is 276 g/mol. The summed E-state index contributed by atoms with van der Waals surface area (Å²) in [4.78, 5) is 19.5. The van der Waals surface area contributed by atoms with Gasteiger partial charge in [0.05, 0.1) is 25.5 Å². The fraction of sp³-hybridized carbons (Fsp3) is 0.692. The molecule has 2 rings (SSSR count). The summed E-state index contributed by atoms with van der Waals surface area (Å²) in [5.74, 6) is 5.00. The summed E-state index contributed by atoms with van der Waals surface area (Å²) in [5.41, 5.74) is 2.84. The number of carbonyl (C=O) groups is 1. The van der Waals surface area contributed by atoms with Crippen LogP contribution >= 0.6 is 11.3 Å². The van der Waals surface area contributed by atoms with E-state index in [2.05, 4.69) is 15.3 Å². The van der Waals surface area contributed by atoms with Crippen molar-refractivity contribution in [3.63, 3.8) is 0 Å². The molecule has 1 aliphatic heterocycles. The maximum absolute atomic E-state index is 11.9. The highest BCUT2D eigenvalue weighted by atomic mass is 32.1. The predicted octanol–water partition coefficient (Wildman–Crippen LogP) is 0.876. The molecule has 0 saturated carbocycles. The molecule has 7 heteroatoms. The van der Waals surface area contributed by atoms with E-state index >= 15 is 0 Å². The number of nitrogens with one attached hydrogen (secondary N) is 1. The molecule has 0 spiro atoms. The van der Waals surface area contributed by atoms with Crippen LogP contribution in [-0.2, 0) is 16.7 Å². The Hall–Kier alpha value is -1.02. The van der Waals surface area contributed by atoms with Crippen molar-refractivity contribution in [3.8, 4) is 0 Å². The highest BCUT2D eigenvalue weighted by Crippen LogP contribution is 2.30. The van der Waals surface area contributed by atoms with E-state index in [1.165, 1.54) is 11.3 Å². The van der Waals surface area contributed by atoms with Crippen LogP contribution in [-0.4, -0.2) is 42.1 Å². The molecule has 1 fully saturated rings. The Morgan fingerprint density at radius 2 is 2.10 bits per heavy atom. The summed E-state index contributed by atoms with van der Waals surface area (Å²) in [6.07, 6.45) is 0. The number of hydrogen-bond donors (Lipinski definition) is 2. The van der Waals surface area contributed by atoms with Crippen LogP contribution in [0.15, 0.2) is 0 Å². The molecule has 112 valence electrons. The highest BCUT2D eigenvalue weighted by molar-refractivity contribution is 7.13. The van der Waals surface area contributed by atoms with Crippen LogP contribution < -0.4 is 11.3 Å². The number of nitrogens with zero attached hydrogens (tertiary/aromatic N) is 2. The summed E-state index contributed by atoms with van der Waals surface area (Å²) < 4.78 is 5.34. The van der Waals surface area contributed by atoms with Crippen molar-refractivity contribution in [2.75, 3.05) is 26.3 Å². The van der Waals surface area contributed by atoms with E-state index < -0.39 is 0 Å². The summed E-state index contributed by atoms with van der Waals surface area (Å²) in [5, 5.41) is 0.954. The van der Waals surface area contributed by atoms with Crippen LogP contribution in [0, 0.1) is 0 Å². The molecule has 0 unspecified atom stereocenters. The minimum Gasteiger partial charge on any atom is -0.379 e. The van der Waals surface area contributed by atoms with Gasteiger partial charge in [0.15, 0.2) is 0 Å². The monoisotopic (exact) mass is 298 g/mol. The smallest absolute Gasteiger partial charge is 0.277 e. The van der Waals surface area contributed by atoms with Gasteiger partial charge in [-0.1, -0.05) is 20.8 Å². The van der Waals surface area contributed by atoms with Gasteiger partial charge in [-0.3, -0.25) is 15.1 Å². The van der Waals surface area contributed by atoms with Gasteiger partial charge in [0.1, 0.15) is 9.88 Å². The summed E-state index contributed by atoms with van der Waals surface area (Å²) in [6, 6.07) is 0. The maximum Gasteiger partial charge on any atom is 0.277 e. The highest BCUT2D eigenvalue weighted by Gasteiger charge is 2.27. The number of rotatable bonds is 3. The largest absolute Gasteiger partial charge is 0.379 e. The quantitative estimate of drug-likeness (QED) is 0.492. The van der Waals surface area contributed by atoms with Gasteiger partial charge in [0.2, 0.25) is 0 Å². The Kier molecular flexibility index (Phi) is 4.74. The minimum atomic E-state index is -0.263. The number of ether oxygens (including phenoxy) is 1. The standard InChI is InChI=1S/C13H22N4O2S/c1-13(2,3)11-10(12(18)16-14)20-9(15-11)8-17-4-6-19-7-5-17/h4-8,14H2,1-3H3,(H,16,18). The average molecular weight is 298 g/mol. The van der Waals surface area contributed by atoms with Crippen LogP contribution in [0.1, 0.15) is 41.1 Å². The molecule has 1 saturated heterocycles. The fourth-order valence-electron chi connectivity index (χ4n) is 2.11. The first-order valence-corrected chi connectivity index (χ1v) is 7.54. The molecule has 1 aromatic rings. The van der Waals surface area contributed by atoms with Gasteiger partial charge in [-0.25, -0.2) is 10.8 Å². The lowest BCUT2D eigenvalue weighted by molar-refractivity contribution is 0.0341. The molecule has 1 aliphatic rings. The van der Waals surface area contributed by atoms with Crippen molar-refractivity contribution >= 4 is 17.2 Å². The van der Waals surface area contributed by atoms with Crippen LogP contribution in [0.2, 0.25) is 0 Å². The molecule has 3 N–H and O–H groups in total. The number of morpholine rings is 1. The van der Waals surface area contributed by atoms with Gasteiger partial charge in [-0.05, 0) is 0 Å². The number of nitrogens with two attached hydrogens (primary N) is 1. The normalized spacial score (nSPS) is 17.2. The first-order valence-electron chi connectivity index (χ1n) is 6.73. The lowest BCUT2D eigenvalue weighted by Crippen LogP contribution is -2.35. The van der Waals surface area contributed by atoms with E-state index in [-0.39, 0.29) is 11.3 Å². The van der Waals surface area contributed by atoms with Gasteiger partial charge in [-0.15, -0.1) is 11.3 Å². The minimum absolute atomic E-state index is 0.179. The summed E-state index contributed by atoms with van der Waals surface area (Å²) in [7, 11) is 0. The molecule has 0 aromatic carbocycles. The zero-order valence-corrected chi connectivity index (χ0v) is 13.0. The third-order valence-electron chi connectivity index (χ3n) is 3.18. The van der Waals surface area contributed by atoms with E-state index in [0.717, 1.165) is 43.5 Å². The topological polar surface area (TPSA) is 80.5 Å². The molecule has 20 heavy (non-hydrogen) atoms. The number of nitrogen functional groups attached to an aromatic ring is 1. The molecular formula is C13H22N4O2S. The van der Waals surface area contributed by atoms with E-state index in [4.69, 9.17) is 10.6 Å². The van der Waals surface area contributed by atoms with E-state index in [9.17, 15) is 4.79 Å². The first kappa shape index (κ1) is 15.4. The number of thiazole rings is 1. The Morgan fingerprint density at radius 3 is 2.65 bits per heavy atom. The van der Waals surface area contributed by atoms with Crippen molar-refractivity contribution in [1.82, 2.24) is 15.3 Å². The van der Waals surface area contributed by atoms with Crippen LogP contribution in [0.5, 0.6) is 0 Å². The Balaban J connectivity index is 2.21. The van der Waals surface area contributed by atoms with Gasteiger partial charge >= 0.3 is 0 Å². The van der Waals surface area contributed by atoms with E-state index in [0.29, 0.717) is 4.88 Å². The Labute approximate surface area is 123 Å². The number of hydrazine groups is 1. The summed E-state index contributed by atoms with van der Waals surface area (Å²) >= 11 is 1.43. The van der Waals surface area contributed by atoms with Crippen LogP contribution in [0.4, 0.5) is 0 Å². The SMILES string of the molecule is CC(C)(C)c1nc(CN2CCOCC2)sc1C(=O)NN. The Bertz CT molecular complexity index is 475. The van der Waals surface area contributed by atoms with E-state index in [1.54, 1.807) is 0 Å². The van der Waals surface area contributed by atoms with Crippen molar-refractivity contribution in [2.45, 2.75) is 32.7 Å². The van der Waals surface area contributed by atoms with Crippen LogP contribution in [0.25, 0.3) is 0 Å². The zero-order chi connectivity index (χ0) is 14.8. The lowest BCUT2D eigenvalue weighted by Gasteiger charge is -2.25. The fourth-order valence-corrected chi connectivity index (χ4v) is 3.33. The maximum atomic E-state index is 11.9. The van der Waals surface area contributed by atoms with Crippen LogP contribution in [0.3, 0.4) is 0 Å². The predicted molar refractivity (Wildman–Crippen MR) is 78.6 cm³/mol. The van der Waals surface area contributed by atoms with Gasteiger partial charge in [-0.2, -0.15) is 0 Å². The molecule has 0 radical (unpaired) electrons. The molecule has 0 aliphatic carbocycles. The molecule has 6 nitrogen and oxygen atoms in total. The Morgan fingerprint density at radius 1 is 1.45 bits per heavy atom.